The van der Waals surface area contributed by atoms with Gasteiger partial charge in [0.15, 0.2) is 0 Å². The summed E-state index contributed by atoms with van der Waals surface area (Å²) in [6, 6.07) is 0. The minimum absolute atomic E-state index is 0. The molecule has 0 saturated carbocycles. The molecule has 0 fully saturated rings. The average Bonchev–Trinajstić information content (AvgIpc) is 2.16. The van der Waals surface area contributed by atoms with Crippen molar-refractivity contribution in [3.63, 3.8) is 0 Å². The Morgan fingerprint density at radius 1 is 1.11 bits per heavy atom. The van der Waals surface area contributed by atoms with Crippen molar-refractivity contribution in [1.82, 2.24) is 0 Å². The lowest BCUT2D eigenvalue weighted by Gasteiger charge is -2.39. The van der Waals surface area contributed by atoms with Crippen molar-refractivity contribution in [3.05, 3.63) is 0 Å². The minimum Gasteiger partial charge on any atom is -0.550 e. The van der Waals surface area contributed by atoms with Gasteiger partial charge in [0.1, 0.15) is 12.6 Å². The van der Waals surface area contributed by atoms with Gasteiger partial charge in [0.25, 0.3) is 0 Å². The summed E-state index contributed by atoms with van der Waals surface area (Å²) < 4.78 is 1.11. The van der Waals surface area contributed by atoms with E-state index in [1.807, 2.05) is 6.92 Å². The van der Waals surface area contributed by atoms with E-state index in [9.17, 15) is 5.11 Å². The van der Waals surface area contributed by atoms with E-state index >= 15 is 0 Å². The number of aliphatic hydroxyl groups excluding tert-OH is 1. The average molecular weight is 298 g/mol. The fourth-order valence-electron chi connectivity index (χ4n) is 2.59. The topological polar surface area (TPSA) is 60.4 Å². The predicted octanol–water partition coefficient (Wildman–Crippen LogP) is 1.59. The van der Waals surface area contributed by atoms with Gasteiger partial charge in [-0.25, -0.2) is 0 Å². The monoisotopic (exact) mass is 297 g/mol. The van der Waals surface area contributed by atoms with E-state index in [4.69, 9.17) is 9.90 Å². The van der Waals surface area contributed by atoms with Crippen molar-refractivity contribution in [3.8, 4) is 0 Å². The van der Waals surface area contributed by atoms with Crippen molar-refractivity contribution in [2.75, 3.05) is 26.2 Å². The molecule has 0 aliphatic heterocycles. The molecule has 1 N–H and O–H groups in total. The third kappa shape index (κ3) is 15.6. The zero-order valence-electron chi connectivity index (χ0n) is 13.1. The highest BCUT2D eigenvalue weighted by Crippen LogP contribution is 2.12. The normalized spacial score (nSPS) is 11.9. The molecule has 1 unspecified atom stereocenters. The SMILES string of the molecule is CC(=O)[O-].CCC[N+](CCC)(CCC)CC(C)O.Cl. The van der Waals surface area contributed by atoms with Crippen molar-refractivity contribution in [1.29, 1.82) is 0 Å². The first-order valence-corrected chi connectivity index (χ1v) is 7.04. The summed E-state index contributed by atoms with van der Waals surface area (Å²) in [4.78, 5) is 8.89. The molecule has 0 heterocycles. The molecule has 19 heavy (non-hydrogen) atoms. The van der Waals surface area contributed by atoms with Crippen LogP contribution in [0.4, 0.5) is 0 Å². The van der Waals surface area contributed by atoms with Crippen molar-refractivity contribution in [2.45, 2.75) is 60.0 Å². The Balaban J connectivity index is -0.000000448. The van der Waals surface area contributed by atoms with Gasteiger partial charge < -0.3 is 19.5 Å². The second-order valence-electron chi connectivity index (χ2n) is 5.04. The molecule has 4 nitrogen and oxygen atoms in total. The van der Waals surface area contributed by atoms with E-state index in [0.717, 1.165) is 18.0 Å². The van der Waals surface area contributed by atoms with Gasteiger partial charge >= 0.3 is 0 Å². The van der Waals surface area contributed by atoms with Gasteiger partial charge in [0.2, 0.25) is 0 Å². The third-order valence-corrected chi connectivity index (χ3v) is 2.75. The Morgan fingerprint density at radius 2 is 1.37 bits per heavy atom. The summed E-state index contributed by atoms with van der Waals surface area (Å²) in [7, 11) is 0. The Morgan fingerprint density at radius 3 is 1.53 bits per heavy atom. The van der Waals surface area contributed by atoms with E-state index in [1.165, 1.54) is 38.9 Å². The van der Waals surface area contributed by atoms with Crippen LogP contribution >= 0.6 is 12.4 Å². The standard InChI is InChI=1S/C12H28NO.C2H4O2.ClH/c1-5-8-13(9-6-2,10-7-3)11-12(4)14;1-2(3)4;/h12,14H,5-11H2,1-4H3;1H3,(H,3,4);1H/q+1;;/p-1. The second kappa shape index (κ2) is 14.1. The van der Waals surface area contributed by atoms with Gasteiger partial charge in [-0.05, 0) is 33.1 Å². The van der Waals surface area contributed by atoms with E-state index in [0.29, 0.717) is 0 Å². The molecule has 0 aliphatic carbocycles. The number of nitrogens with zero attached hydrogens (tertiary/aromatic N) is 1. The Kier molecular flexibility index (Phi) is 17.6. The molecular weight excluding hydrogens is 266 g/mol. The minimum atomic E-state index is -1.08. The molecule has 0 aromatic carbocycles. The van der Waals surface area contributed by atoms with E-state index < -0.39 is 5.97 Å². The van der Waals surface area contributed by atoms with Crippen LogP contribution in [-0.4, -0.2) is 47.8 Å². The number of carbonyl (C=O) groups excluding carboxylic acids is 1. The summed E-state index contributed by atoms with van der Waals surface area (Å²) in [5.41, 5.74) is 0. The maximum absolute atomic E-state index is 9.55. The number of carboxylic acid groups (broad SMARTS) is 1. The van der Waals surface area contributed by atoms with Gasteiger partial charge in [0, 0.05) is 5.97 Å². The molecule has 0 spiro atoms. The molecule has 0 rings (SSSR count). The van der Waals surface area contributed by atoms with Gasteiger partial charge in [-0.1, -0.05) is 20.8 Å². The van der Waals surface area contributed by atoms with Crippen molar-refractivity contribution >= 4 is 18.4 Å². The van der Waals surface area contributed by atoms with Gasteiger partial charge in [-0.2, -0.15) is 0 Å². The van der Waals surface area contributed by atoms with Gasteiger partial charge in [-0.3, -0.25) is 0 Å². The molecule has 0 saturated heterocycles. The molecule has 1 atom stereocenters. The summed E-state index contributed by atoms with van der Waals surface area (Å²) in [5, 5.41) is 18.4. The molecule has 0 bridgehead atoms. The number of quaternary nitrogens is 1. The predicted molar refractivity (Wildman–Crippen MR) is 80.2 cm³/mol. The van der Waals surface area contributed by atoms with E-state index in [1.54, 1.807) is 0 Å². The zero-order valence-corrected chi connectivity index (χ0v) is 14.0. The van der Waals surface area contributed by atoms with Crippen LogP contribution in [-0.2, 0) is 4.79 Å². The zero-order chi connectivity index (χ0) is 14.6. The maximum Gasteiger partial charge on any atom is 0.105 e. The van der Waals surface area contributed by atoms with Crippen LogP contribution in [0, 0.1) is 0 Å². The lowest BCUT2D eigenvalue weighted by atomic mass is 10.2. The summed E-state index contributed by atoms with van der Waals surface area (Å²) in [6.07, 6.45) is 3.48. The lowest BCUT2D eigenvalue weighted by molar-refractivity contribution is -0.930. The van der Waals surface area contributed by atoms with Gasteiger partial charge in [0.05, 0.1) is 19.6 Å². The summed E-state index contributed by atoms with van der Waals surface area (Å²) in [6.45, 7) is 14.2. The van der Waals surface area contributed by atoms with Crippen LogP contribution in [0.3, 0.4) is 0 Å². The molecule has 0 amide bonds. The molecule has 5 heteroatoms. The first-order valence-electron chi connectivity index (χ1n) is 7.04. The third-order valence-electron chi connectivity index (χ3n) is 2.75. The first kappa shape index (κ1) is 23.7. The van der Waals surface area contributed by atoms with Crippen LogP contribution < -0.4 is 5.11 Å². The second-order valence-corrected chi connectivity index (χ2v) is 5.04. The molecule has 0 aromatic rings. The van der Waals surface area contributed by atoms with Gasteiger partial charge in [-0.15, -0.1) is 12.4 Å². The van der Waals surface area contributed by atoms with Crippen LogP contribution in [0.15, 0.2) is 0 Å². The number of carbonyl (C=O) groups is 1. The number of halogens is 1. The van der Waals surface area contributed by atoms with E-state index in [-0.39, 0.29) is 18.5 Å². The molecule has 0 radical (unpaired) electrons. The summed E-state index contributed by atoms with van der Waals surface area (Å²) >= 11 is 0. The van der Waals surface area contributed by atoms with Crippen LogP contribution in [0.5, 0.6) is 0 Å². The van der Waals surface area contributed by atoms with Crippen LogP contribution in [0.25, 0.3) is 0 Å². The molecule has 118 valence electrons. The smallest absolute Gasteiger partial charge is 0.105 e. The van der Waals surface area contributed by atoms with E-state index in [2.05, 4.69) is 20.8 Å². The molecule has 0 aliphatic rings. The Bertz CT molecular complexity index is 190. The highest BCUT2D eigenvalue weighted by atomic mass is 35.5. The Labute approximate surface area is 124 Å². The number of aliphatic carboxylic acids is 1. The number of aliphatic hydroxyl groups is 1. The number of hydrogen-bond donors (Lipinski definition) is 1. The fourth-order valence-corrected chi connectivity index (χ4v) is 2.59. The fraction of sp³-hybridized carbons (Fsp3) is 0.929. The Hall–Kier alpha value is -0.320. The largest absolute Gasteiger partial charge is 0.550 e. The highest BCUT2D eigenvalue weighted by Gasteiger charge is 2.26. The van der Waals surface area contributed by atoms with Crippen molar-refractivity contribution in [2.24, 2.45) is 0 Å². The lowest BCUT2D eigenvalue weighted by Crippen LogP contribution is -2.53. The van der Waals surface area contributed by atoms with Crippen LogP contribution in [0.1, 0.15) is 53.9 Å². The number of rotatable bonds is 8. The summed E-state index contributed by atoms with van der Waals surface area (Å²) in [5.74, 6) is -1.08. The highest BCUT2D eigenvalue weighted by molar-refractivity contribution is 5.85. The first-order chi connectivity index (χ1) is 8.33. The number of hydrogen-bond acceptors (Lipinski definition) is 3. The van der Waals surface area contributed by atoms with Crippen LogP contribution in [0.2, 0.25) is 0 Å². The molecule has 0 aromatic heterocycles. The quantitative estimate of drug-likeness (QED) is 0.692. The number of carboxylic acids is 1. The van der Waals surface area contributed by atoms with Crippen molar-refractivity contribution < 1.29 is 19.5 Å². The molecular formula is C14H32ClNO3. The maximum atomic E-state index is 9.55.